The van der Waals surface area contributed by atoms with Crippen LogP contribution < -0.4 is 0 Å². The Kier molecular flexibility index (Phi) is 3.78. The topological polar surface area (TPSA) is 0 Å². The van der Waals surface area contributed by atoms with Crippen LogP contribution >= 0.6 is 0 Å². The predicted molar refractivity (Wildman–Crippen MR) is 80.6 cm³/mol. The van der Waals surface area contributed by atoms with E-state index in [-0.39, 0.29) is 0 Å². The van der Waals surface area contributed by atoms with E-state index in [1.807, 2.05) is 18.2 Å². The average Bonchev–Trinajstić information content (AvgIpc) is 2.46. The van der Waals surface area contributed by atoms with Gasteiger partial charge in [0.2, 0.25) is 0 Å². The van der Waals surface area contributed by atoms with Gasteiger partial charge < -0.3 is 0 Å². The van der Waals surface area contributed by atoms with Crippen LogP contribution in [0.1, 0.15) is 35.1 Å². The van der Waals surface area contributed by atoms with E-state index >= 15 is 0 Å². The van der Waals surface area contributed by atoms with Gasteiger partial charge in [-0.1, -0.05) is 80.8 Å². The van der Waals surface area contributed by atoms with Gasteiger partial charge in [-0.05, 0) is 22.3 Å². The molecule has 18 heavy (non-hydrogen) atoms. The Morgan fingerprint density at radius 2 is 1.50 bits per heavy atom. The van der Waals surface area contributed by atoms with Gasteiger partial charge in [0.1, 0.15) is 0 Å². The van der Waals surface area contributed by atoms with Crippen LogP contribution in [-0.2, 0) is 0 Å². The van der Waals surface area contributed by atoms with Crippen molar-refractivity contribution in [1.82, 2.24) is 0 Å². The van der Waals surface area contributed by atoms with Crippen LogP contribution in [0.25, 0.3) is 12.2 Å². The summed E-state index contributed by atoms with van der Waals surface area (Å²) in [7, 11) is 0. The van der Waals surface area contributed by atoms with Gasteiger partial charge in [0.05, 0.1) is 0 Å². The van der Waals surface area contributed by atoms with Crippen LogP contribution in [0, 0.1) is 0 Å². The van der Waals surface area contributed by atoms with Crippen molar-refractivity contribution < 1.29 is 0 Å². The first-order chi connectivity index (χ1) is 8.76. The maximum absolute atomic E-state index is 3.86. The van der Waals surface area contributed by atoms with Crippen LogP contribution in [-0.4, -0.2) is 0 Å². The van der Waals surface area contributed by atoms with E-state index in [0.717, 1.165) is 11.1 Å². The summed E-state index contributed by atoms with van der Waals surface area (Å²) in [5, 5.41) is 0. The summed E-state index contributed by atoms with van der Waals surface area (Å²) in [5.41, 5.74) is 4.92. The molecule has 0 radical (unpaired) electrons. The maximum atomic E-state index is 3.86. The molecule has 2 aromatic rings. The van der Waals surface area contributed by atoms with Crippen molar-refractivity contribution in [2.24, 2.45) is 0 Å². The lowest BCUT2D eigenvalue weighted by molar-refractivity contribution is 0.921. The fraction of sp³-hybridized carbons (Fsp3) is 0.111. The monoisotopic (exact) mass is 234 g/mol. The largest absolute Gasteiger partial charge is 0.0984 e. The Balaban J connectivity index is 2.40. The third kappa shape index (κ3) is 2.43. The molecule has 0 heterocycles. The second-order valence-electron chi connectivity index (χ2n) is 4.43. The highest BCUT2D eigenvalue weighted by molar-refractivity contribution is 5.64. The van der Waals surface area contributed by atoms with E-state index < -0.39 is 0 Å². The van der Waals surface area contributed by atoms with E-state index in [1.54, 1.807) is 0 Å². The summed E-state index contributed by atoms with van der Waals surface area (Å²) in [6.07, 6.45) is 3.76. The van der Waals surface area contributed by atoms with Crippen molar-refractivity contribution in [1.29, 1.82) is 0 Å². The van der Waals surface area contributed by atoms with Gasteiger partial charge in [-0.15, -0.1) is 0 Å². The minimum Gasteiger partial charge on any atom is -0.0984 e. The molecule has 1 atom stereocenters. The molecule has 0 aliphatic rings. The maximum Gasteiger partial charge on any atom is 0.00612 e. The standard InChI is InChI=1S/C18H18/c1-4-15-11-12-18(13-16(15)5-2)14(3)17-9-7-6-8-10-17/h4-14H,1-2H2,3H3. The first-order valence-electron chi connectivity index (χ1n) is 6.20. The van der Waals surface area contributed by atoms with Crippen molar-refractivity contribution in [2.75, 3.05) is 0 Å². The van der Waals surface area contributed by atoms with Gasteiger partial charge in [0.15, 0.2) is 0 Å². The highest BCUT2D eigenvalue weighted by atomic mass is 14.1. The highest BCUT2D eigenvalue weighted by Gasteiger charge is 2.08. The molecule has 90 valence electrons. The molecule has 0 aliphatic heterocycles. The summed E-state index contributed by atoms with van der Waals surface area (Å²) in [4.78, 5) is 0. The molecular formula is C18H18. The Bertz CT molecular complexity index is 550. The van der Waals surface area contributed by atoms with Gasteiger partial charge in [-0.2, -0.15) is 0 Å². The number of rotatable bonds is 4. The molecule has 0 saturated heterocycles. The Morgan fingerprint density at radius 3 is 2.11 bits per heavy atom. The highest BCUT2D eigenvalue weighted by Crippen LogP contribution is 2.26. The molecule has 0 fully saturated rings. The molecule has 0 bridgehead atoms. The summed E-state index contributed by atoms with van der Waals surface area (Å²) in [5.74, 6) is 0.392. The molecule has 0 nitrogen and oxygen atoms in total. The second kappa shape index (κ2) is 5.50. The van der Waals surface area contributed by atoms with Crippen LogP contribution in [0.2, 0.25) is 0 Å². The zero-order valence-electron chi connectivity index (χ0n) is 10.8. The van der Waals surface area contributed by atoms with Gasteiger partial charge in [-0.3, -0.25) is 0 Å². The van der Waals surface area contributed by atoms with Crippen LogP contribution in [0.5, 0.6) is 0 Å². The molecule has 0 spiro atoms. The molecule has 0 aromatic heterocycles. The second-order valence-corrected chi connectivity index (χ2v) is 4.43. The predicted octanol–water partition coefficient (Wildman–Crippen LogP) is 5.12. The van der Waals surface area contributed by atoms with Crippen LogP contribution in [0.15, 0.2) is 61.7 Å². The fourth-order valence-electron chi connectivity index (χ4n) is 2.16. The van der Waals surface area contributed by atoms with Crippen molar-refractivity contribution in [3.05, 3.63) is 83.9 Å². The smallest absolute Gasteiger partial charge is 0.00612 e. The van der Waals surface area contributed by atoms with Crippen molar-refractivity contribution >= 4 is 12.2 Å². The van der Waals surface area contributed by atoms with Crippen molar-refractivity contribution in [2.45, 2.75) is 12.8 Å². The summed E-state index contributed by atoms with van der Waals surface area (Å²) in [6, 6.07) is 17.0. The van der Waals surface area contributed by atoms with Crippen molar-refractivity contribution in [3.8, 4) is 0 Å². The Hall–Kier alpha value is -2.08. The molecule has 2 rings (SSSR count). The Morgan fingerprint density at radius 1 is 0.833 bits per heavy atom. The van der Waals surface area contributed by atoms with E-state index in [0.29, 0.717) is 5.92 Å². The lowest BCUT2D eigenvalue weighted by Gasteiger charge is -2.14. The van der Waals surface area contributed by atoms with Crippen LogP contribution in [0.4, 0.5) is 0 Å². The molecule has 0 N–H and O–H groups in total. The molecule has 0 heteroatoms. The molecule has 2 aromatic carbocycles. The SMILES string of the molecule is C=Cc1ccc(C(C)c2ccccc2)cc1C=C. The van der Waals surface area contributed by atoms with Crippen LogP contribution in [0.3, 0.4) is 0 Å². The number of hydrogen-bond acceptors (Lipinski definition) is 0. The molecule has 0 aliphatic carbocycles. The molecular weight excluding hydrogens is 216 g/mol. The third-order valence-electron chi connectivity index (χ3n) is 3.35. The normalized spacial score (nSPS) is 11.8. The quantitative estimate of drug-likeness (QED) is 0.688. The van der Waals surface area contributed by atoms with Gasteiger partial charge in [0.25, 0.3) is 0 Å². The zero-order chi connectivity index (χ0) is 13.0. The summed E-state index contributed by atoms with van der Waals surface area (Å²) < 4.78 is 0. The molecule has 1 unspecified atom stereocenters. The minimum atomic E-state index is 0.392. The first kappa shape index (κ1) is 12.4. The lowest BCUT2D eigenvalue weighted by atomic mass is 9.90. The lowest BCUT2D eigenvalue weighted by Crippen LogP contribution is -1.96. The summed E-state index contributed by atoms with van der Waals surface area (Å²) in [6.45, 7) is 9.92. The van der Waals surface area contributed by atoms with E-state index in [1.165, 1.54) is 11.1 Å². The molecule has 0 amide bonds. The van der Waals surface area contributed by atoms with E-state index in [2.05, 4.69) is 62.5 Å². The fourth-order valence-corrected chi connectivity index (χ4v) is 2.16. The van der Waals surface area contributed by atoms with Gasteiger partial charge >= 0.3 is 0 Å². The Labute approximate surface area is 109 Å². The third-order valence-corrected chi connectivity index (χ3v) is 3.35. The van der Waals surface area contributed by atoms with Gasteiger partial charge in [0, 0.05) is 5.92 Å². The minimum absolute atomic E-state index is 0.392. The first-order valence-corrected chi connectivity index (χ1v) is 6.20. The van der Waals surface area contributed by atoms with E-state index in [9.17, 15) is 0 Å². The molecule has 0 saturated carbocycles. The average molecular weight is 234 g/mol. The van der Waals surface area contributed by atoms with Crippen molar-refractivity contribution in [3.63, 3.8) is 0 Å². The van der Waals surface area contributed by atoms with E-state index in [4.69, 9.17) is 0 Å². The zero-order valence-corrected chi connectivity index (χ0v) is 10.8. The number of hydrogen-bond donors (Lipinski definition) is 0. The number of benzene rings is 2. The van der Waals surface area contributed by atoms with Gasteiger partial charge in [-0.25, -0.2) is 0 Å². The summed E-state index contributed by atoms with van der Waals surface area (Å²) >= 11 is 0.